The van der Waals surface area contributed by atoms with Crippen LogP contribution < -0.4 is 5.32 Å². The molecule has 4 heterocycles. The number of fused-ring (bicyclic) bond motifs is 1. The van der Waals surface area contributed by atoms with E-state index in [1.807, 2.05) is 33.7 Å². The van der Waals surface area contributed by atoms with Crippen LogP contribution in [0.4, 0.5) is 4.79 Å². The van der Waals surface area contributed by atoms with Gasteiger partial charge in [-0.25, -0.2) is 4.79 Å². The maximum atomic E-state index is 13.0. The van der Waals surface area contributed by atoms with E-state index in [9.17, 15) is 19.2 Å². The van der Waals surface area contributed by atoms with E-state index in [4.69, 9.17) is 4.42 Å². The average Bonchev–Trinajstić information content (AvgIpc) is 3.57. The van der Waals surface area contributed by atoms with E-state index in [1.165, 1.54) is 12.3 Å². The van der Waals surface area contributed by atoms with Crippen LogP contribution in [-0.2, 0) is 27.5 Å². The molecule has 9 nitrogen and oxygen atoms in total. The third-order valence-electron chi connectivity index (χ3n) is 5.96. The smallest absolute Gasteiger partial charge is 0.331 e. The van der Waals surface area contributed by atoms with Gasteiger partial charge in [0.1, 0.15) is 17.9 Å². The Morgan fingerprint density at radius 2 is 1.85 bits per heavy atom. The van der Waals surface area contributed by atoms with Crippen LogP contribution in [0.15, 0.2) is 58.8 Å². The highest BCUT2D eigenvalue weighted by molar-refractivity contribution is 6.31. The number of hydrogen-bond donors (Lipinski definition) is 1. The summed E-state index contributed by atoms with van der Waals surface area (Å²) in [5, 5.41) is 3.02. The summed E-state index contributed by atoms with van der Waals surface area (Å²) < 4.78 is 7.07. The van der Waals surface area contributed by atoms with Gasteiger partial charge >= 0.3 is 6.03 Å². The van der Waals surface area contributed by atoms with E-state index >= 15 is 0 Å². The lowest BCUT2D eigenvalue weighted by Gasteiger charge is -2.25. The molecule has 0 atom stereocenters. The van der Waals surface area contributed by atoms with Gasteiger partial charge in [0, 0.05) is 35.8 Å². The molecule has 3 aromatic rings. The first kappa shape index (κ1) is 20.7. The number of amides is 5. The molecule has 2 aliphatic rings. The lowest BCUT2D eigenvalue weighted by Crippen LogP contribution is -2.53. The van der Waals surface area contributed by atoms with Crippen molar-refractivity contribution in [3.8, 4) is 0 Å². The maximum Gasteiger partial charge on any atom is 0.331 e. The van der Waals surface area contributed by atoms with Gasteiger partial charge < -0.3 is 13.9 Å². The maximum absolute atomic E-state index is 13.0. The molecule has 1 N–H and O–H groups in total. The van der Waals surface area contributed by atoms with E-state index in [-0.39, 0.29) is 24.6 Å². The minimum absolute atomic E-state index is 0.0363. The van der Waals surface area contributed by atoms with E-state index in [0.717, 1.165) is 41.7 Å². The summed E-state index contributed by atoms with van der Waals surface area (Å²) in [5.41, 5.74) is 1.28. The van der Waals surface area contributed by atoms with Crippen molar-refractivity contribution in [2.45, 2.75) is 25.9 Å². The number of urea groups is 1. The van der Waals surface area contributed by atoms with Crippen LogP contribution in [-0.4, -0.2) is 51.2 Å². The number of nitrogens with one attached hydrogen (secondary N) is 1. The summed E-state index contributed by atoms with van der Waals surface area (Å²) in [7, 11) is 0. The monoisotopic (exact) mass is 446 g/mol. The Bertz CT molecular complexity index is 1280. The number of furan rings is 1. The highest BCUT2D eigenvalue weighted by atomic mass is 16.3. The first-order chi connectivity index (χ1) is 16.0. The van der Waals surface area contributed by atoms with Crippen molar-refractivity contribution >= 4 is 40.7 Å². The van der Waals surface area contributed by atoms with E-state index in [1.54, 1.807) is 18.3 Å². The Labute approximate surface area is 189 Å². The van der Waals surface area contributed by atoms with E-state index < -0.39 is 17.8 Å². The van der Waals surface area contributed by atoms with Crippen molar-refractivity contribution in [2.75, 3.05) is 13.1 Å². The first-order valence-electron chi connectivity index (χ1n) is 10.8. The molecule has 0 bridgehead atoms. The molecule has 0 unspecified atom stereocenters. The third-order valence-corrected chi connectivity index (χ3v) is 5.96. The second-order valence-corrected chi connectivity index (χ2v) is 8.11. The predicted octanol–water partition coefficient (Wildman–Crippen LogP) is 2.52. The molecule has 2 aliphatic heterocycles. The zero-order chi connectivity index (χ0) is 22.9. The predicted molar refractivity (Wildman–Crippen MR) is 119 cm³/mol. The molecular formula is C24H22N4O5. The molecule has 9 heteroatoms. The summed E-state index contributed by atoms with van der Waals surface area (Å²) in [4.78, 5) is 53.3. The van der Waals surface area contributed by atoms with Gasteiger partial charge in [0.15, 0.2) is 0 Å². The van der Waals surface area contributed by atoms with Gasteiger partial charge in [-0.05, 0) is 37.1 Å². The van der Waals surface area contributed by atoms with Crippen LogP contribution in [0.3, 0.4) is 0 Å². The Morgan fingerprint density at radius 1 is 1.06 bits per heavy atom. The molecule has 2 saturated heterocycles. The minimum atomic E-state index is -0.794. The van der Waals surface area contributed by atoms with E-state index in [2.05, 4.69) is 5.32 Å². The number of carbonyl (C=O) groups excluding carboxylic acids is 4. The normalized spacial score (nSPS) is 17.9. The van der Waals surface area contributed by atoms with Crippen LogP contribution in [0.2, 0.25) is 0 Å². The van der Waals surface area contributed by atoms with Crippen LogP contribution in [0.25, 0.3) is 17.0 Å². The van der Waals surface area contributed by atoms with Crippen LogP contribution in [0, 0.1) is 0 Å². The fourth-order valence-electron chi connectivity index (χ4n) is 4.28. The third kappa shape index (κ3) is 3.93. The van der Waals surface area contributed by atoms with Crippen molar-refractivity contribution in [3.05, 3.63) is 65.8 Å². The van der Waals surface area contributed by atoms with Gasteiger partial charge in [-0.1, -0.05) is 18.2 Å². The van der Waals surface area contributed by atoms with Gasteiger partial charge in [0.05, 0.1) is 12.8 Å². The molecule has 1 aromatic carbocycles. The molecule has 5 rings (SSSR count). The number of aromatic nitrogens is 1. The Morgan fingerprint density at radius 3 is 2.61 bits per heavy atom. The number of para-hydroxylation sites is 1. The number of hydrogen-bond acceptors (Lipinski definition) is 5. The van der Waals surface area contributed by atoms with E-state index in [0.29, 0.717) is 11.3 Å². The molecule has 0 radical (unpaired) electrons. The summed E-state index contributed by atoms with van der Waals surface area (Å²) in [6.07, 6.45) is 6.71. The second-order valence-electron chi connectivity index (χ2n) is 8.11. The lowest BCUT2D eigenvalue weighted by atomic mass is 10.1. The van der Waals surface area contributed by atoms with Gasteiger partial charge in [0.2, 0.25) is 5.91 Å². The number of imide groups is 2. The molecule has 168 valence electrons. The molecule has 5 amide bonds. The topological polar surface area (TPSA) is 105 Å². The Balaban J connectivity index is 1.48. The number of barbiturate groups is 1. The van der Waals surface area contributed by atoms with Gasteiger partial charge in [-0.15, -0.1) is 0 Å². The zero-order valence-electron chi connectivity index (χ0n) is 17.8. The highest BCUT2D eigenvalue weighted by Crippen LogP contribution is 2.26. The van der Waals surface area contributed by atoms with Crippen molar-refractivity contribution in [3.63, 3.8) is 0 Å². The summed E-state index contributed by atoms with van der Waals surface area (Å²) in [6.45, 7) is 1.62. The fourth-order valence-corrected chi connectivity index (χ4v) is 4.28. The average molecular weight is 446 g/mol. The summed E-state index contributed by atoms with van der Waals surface area (Å²) >= 11 is 0. The number of likely N-dealkylation sites (tertiary alicyclic amines) is 1. The molecule has 0 aliphatic carbocycles. The van der Waals surface area contributed by atoms with Crippen LogP contribution in [0.1, 0.15) is 24.2 Å². The van der Waals surface area contributed by atoms with Crippen molar-refractivity contribution in [1.82, 2.24) is 19.7 Å². The quantitative estimate of drug-likeness (QED) is 0.479. The number of rotatable bonds is 5. The number of carbonyl (C=O) groups is 4. The van der Waals surface area contributed by atoms with Crippen molar-refractivity contribution in [2.24, 2.45) is 0 Å². The number of nitrogens with zero attached hydrogens (tertiary/aromatic N) is 3. The molecule has 0 spiro atoms. The summed E-state index contributed by atoms with van der Waals surface area (Å²) in [6, 6.07) is 10.00. The highest BCUT2D eigenvalue weighted by Gasteiger charge is 2.36. The van der Waals surface area contributed by atoms with Crippen molar-refractivity contribution < 1.29 is 23.6 Å². The van der Waals surface area contributed by atoms with Crippen LogP contribution in [0.5, 0.6) is 0 Å². The number of benzene rings is 1. The fraction of sp³-hybridized carbons (Fsp3) is 0.250. The standard InChI is InChI=1S/C24H22N4O5/c29-21(26-9-3-4-10-26)15-27-13-16(18-7-1-2-8-20(18)27)12-19-22(30)25-24(32)28(23(19)31)14-17-6-5-11-33-17/h1-2,5-8,11-13H,3-4,9-10,14-15H2,(H,25,30,32)/b19-12-. The van der Waals surface area contributed by atoms with Gasteiger partial charge in [-0.2, -0.15) is 0 Å². The first-order valence-corrected chi connectivity index (χ1v) is 10.8. The lowest BCUT2D eigenvalue weighted by molar-refractivity contribution is -0.131. The molecule has 33 heavy (non-hydrogen) atoms. The Hall–Kier alpha value is -4.14. The van der Waals surface area contributed by atoms with Crippen molar-refractivity contribution in [1.29, 1.82) is 0 Å². The van der Waals surface area contributed by atoms with Gasteiger partial charge in [-0.3, -0.25) is 24.6 Å². The SMILES string of the molecule is O=C1NC(=O)N(Cc2ccco2)C(=O)/C1=C\c1cn(CC(=O)N2CCCC2)c2ccccc12. The zero-order valence-corrected chi connectivity index (χ0v) is 17.8. The van der Waals surface area contributed by atoms with Crippen LogP contribution >= 0.6 is 0 Å². The molecule has 2 fully saturated rings. The second kappa shape index (κ2) is 8.42. The summed E-state index contributed by atoms with van der Waals surface area (Å²) in [5.74, 6) is -1.01. The minimum Gasteiger partial charge on any atom is -0.467 e. The molecule has 2 aromatic heterocycles. The molecular weight excluding hydrogens is 424 g/mol. The Kier molecular flexibility index (Phi) is 5.29. The molecule has 0 saturated carbocycles. The largest absolute Gasteiger partial charge is 0.467 e. The van der Waals surface area contributed by atoms with Gasteiger partial charge in [0.25, 0.3) is 11.8 Å².